The van der Waals surface area contributed by atoms with E-state index in [4.69, 9.17) is 17.3 Å². The molecule has 1 amide bonds. The Morgan fingerprint density at radius 3 is 2.71 bits per heavy atom. The molecule has 0 aliphatic rings. The van der Waals surface area contributed by atoms with Crippen molar-refractivity contribution < 1.29 is 13.2 Å². The molecule has 1 rings (SSSR count). The highest BCUT2D eigenvalue weighted by Gasteiger charge is 2.18. The van der Waals surface area contributed by atoms with Crippen molar-refractivity contribution in [3.63, 3.8) is 0 Å². The van der Waals surface area contributed by atoms with Crippen LogP contribution in [-0.2, 0) is 14.8 Å². The standard InChI is InChI=1S/C13H16ClN3O3S/c1-2-16-13(18)9-17-21(19,20)12-6-5-10(4-3-7-15)8-11(12)14/h5-6,8,17H,2,7,9,15H2,1H3,(H,16,18). The second kappa shape index (κ2) is 8.00. The van der Waals surface area contributed by atoms with Crippen molar-refractivity contribution in [2.24, 2.45) is 5.73 Å². The number of hydrogen-bond donors (Lipinski definition) is 3. The number of sulfonamides is 1. The van der Waals surface area contributed by atoms with E-state index >= 15 is 0 Å². The van der Waals surface area contributed by atoms with Crippen LogP contribution in [0.4, 0.5) is 0 Å². The van der Waals surface area contributed by atoms with Gasteiger partial charge in [-0.15, -0.1) is 0 Å². The van der Waals surface area contributed by atoms with Gasteiger partial charge in [-0.3, -0.25) is 4.79 Å². The zero-order valence-electron chi connectivity index (χ0n) is 11.4. The second-order valence-corrected chi connectivity index (χ2v) is 6.07. The molecule has 114 valence electrons. The summed E-state index contributed by atoms with van der Waals surface area (Å²) in [6.07, 6.45) is 0. The molecule has 1 aromatic carbocycles. The fourth-order valence-corrected chi connectivity index (χ4v) is 2.97. The first-order valence-corrected chi connectivity index (χ1v) is 8.01. The maximum Gasteiger partial charge on any atom is 0.242 e. The summed E-state index contributed by atoms with van der Waals surface area (Å²) >= 11 is 5.95. The average Bonchev–Trinajstić information content (AvgIpc) is 2.43. The quantitative estimate of drug-likeness (QED) is 0.665. The van der Waals surface area contributed by atoms with Crippen LogP contribution < -0.4 is 15.8 Å². The lowest BCUT2D eigenvalue weighted by Crippen LogP contribution is -2.36. The summed E-state index contributed by atoms with van der Waals surface area (Å²) < 4.78 is 26.3. The maximum atomic E-state index is 12.1. The van der Waals surface area contributed by atoms with Crippen LogP contribution in [0.15, 0.2) is 23.1 Å². The van der Waals surface area contributed by atoms with Crippen molar-refractivity contribution in [2.45, 2.75) is 11.8 Å². The molecule has 21 heavy (non-hydrogen) atoms. The van der Waals surface area contributed by atoms with Gasteiger partial charge in [-0.2, -0.15) is 0 Å². The van der Waals surface area contributed by atoms with Crippen LogP contribution in [0.2, 0.25) is 5.02 Å². The molecule has 0 unspecified atom stereocenters. The van der Waals surface area contributed by atoms with E-state index in [1.54, 1.807) is 6.92 Å². The fraction of sp³-hybridized carbons (Fsp3) is 0.308. The summed E-state index contributed by atoms with van der Waals surface area (Å²) in [6, 6.07) is 4.29. The summed E-state index contributed by atoms with van der Waals surface area (Å²) in [5.41, 5.74) is 5.82. The van der Waals surface area contributed by atoms with Crippen LogP contribution in [0.3, 0.4) is 0 Å². The van der Waals surface area contributed by atoms with Gasteiger partial charge in [0.25, 0.3) is 0 Å². The number of benzene rings is 1. The third-order valence-electron chi connectivity index (χ3n) is 2.35. The zero-order valence-corrected chi connectivity index (χ0v) is 13.0. The van der Waals surface area contributed by atoms with Crippen molar-refractivity contribution in [1.82, 2.24) is 10.0 Å². The highest BCUT2D eigenvalue weighted by atomic mass is 35.5. The van der Waals surface area contributed by atoms with E-state index in [2.05, 4.69) is 21.9 Å². The van der Waals surface area contributed by atoms with Crippen LogP contribution in [-0.4, -0.2) is 34.0 Å². The SMILES string of the molecule is CCNC(=O)CNS(=O)(=O)c1ccc(C#CCN)cc1Cl. The predicted molar refractivity (Wildman–Crippen MR) is 81.3 cm³/mol. The van der Waals surface area contributed by atoms with E-state index in [0.717, 1.165) is 0 Å². The molecule has 0 bridgehead atoms. The Bertz CT molecular complexity index is 678. The lowest BCUT2D eigenvalue weighted by Gasteiger charge is -2.08. The van der Waals surface area contributed by atoms with Crippen molar-refractivity contribution in [3.05, 3.63) is 28.8 Å². The van der Waals surface area contributed by atoms with Gasteiger partial charge in [0.15, 0.2) is 0 Å². The number of carbonyl (C=O) groups is 1. The lowest BCUT2D eigenvalue weighted by molar-refractivity contribution is -0.119. The Kier molecular flexibility index (Phi) is 6.65. The van der Waals surface area contributed by atoms with E-state index in [9.17, 15) is 13.2 Å². The molecule has 0 fully saturated rings. The summed E-state index contributed by atoms with van der Waals surface area (Å²) in [5, 5.41) is 2.52. The van der Waals surface area contributed by atoms with Crippen molar-refractivity contribution in [3.8, 4) is 11.8 Å². The zero-order chi connectivity index (χ0) is 15.9. The number of carbonyl (C=O) groups excluding carboxylic acids is 1. The normalized spacial score (nSPS) is 10.6. The molecule has 8 heteroatoms. The molecule has 0 aromatic heterocycles. The van der Waals surface area contributed by atoms with Crippen LogP contribution >= 0.6 is 11.6 Å². The lowest BCUT2D eigenvalue weighted by atomic mass is 10.2. The van der Waals surface area contributed by atoms with Gasteiger partial charge in [0.2, 0.25) is 15.9 Å². The molecule has 0 atom stereocenters. The van der Waals surface area contributed by atoms with Crippen LogP contribution in [0, 0.1) is 11.8 Å². The van der Waals surface area contributed by atoms with Gasteiger partial charge in [-0.05, 0) is 25.1 Å². The maximum absolute atomic E-state index is 12.1. The van der Waals surface area contributed by atoms with Gasteiger partial charge in [0, 0.05) is 12.1 Å². The molecule has 1 aromatic rings. The summed E-state index contributed by atoms with van der Waals surface area (Å²) in [7, 11) is -3.86. The Hall–Kier alpha value is -1.59. The number of amides is 1. The minimum Gasteiger partial charge on any atom is -0.355 e. The highest BCUT2D eigenvalue weighted by molar-refractivity contribution is 7.89. The predicted octanol–water partition coefficient (Wildman–Crippen LogP) is 0.0646. The van der Waals surface area contributed by atoms with E-state index in [0.29, 0.717) is 12.1 Å². The first kappa shape index (κ1) is 17.5. The summed E-state index contributed by atoms with van der Waals surface area (Å²) in [4.78, 5) is 11.2. The molecular weight excluding hydrogens is 314 g/mol. The summed E-state index contributed by atoms with van der Waals surface area (Å²) in [6.45, 7) is 2.02. The molecule has 4 N–H and O–H groups in total. The monoisotopic (exact) mass is 329 g/mol. The molecule has 0 aliphatic heterocycles. The molecule has 0 saturated heterocycles. The third-order valence-corrected chi connectivity index (χ3v) is 4.24. The molecule has 0 saturated carbocycles. The number of nitrogens with two attached hydrogens (primary N) is 1. The van der Waals surface area contributed by atoms with Gasteiger partial charge < -0.3 is 11.1 Å². The van der Waals surface area contributed by atoms with Crippen LogP contribution in [0.1, 0.15) is 12.5 Å². The van der Waals surface area contributed by atoms with Crippen LogP contribution in [0.5, 0.6) is 0 Å². The van der Waals surface area contributed by atoms with E-state index in [1.807, 2.05) is 0 Å². The largest absolute Gasteiger partial charge is 0.355 e. The van der Waals surface area contributed by atoms with E-state index < -0.39 is 15.9 Å². The minimum absolute atomic E-state index is 0.0298. The molecule has 0 spiro atoms. The fourth-order valence-electron chi connectivity index (χ4n) is 1.45. The van der Waals surface area contributed by atoms with Gasteiger partial charge >= 0.3 is 0 Å². The number of rotatable bonds is 5. The molecule has 0 radical (unpaired) electrons. The summed E-state index contributed by atoms with van der Waals surface area (Å²) in [5.74, 6) is 4.98. The van der Waals surface area contributed by atoms with Crippen molar-refractivity contribution >= 4 is 27.5 Å². The van der Waals surface area contributed by atoms with Gasteiger partial charge in [-0.1, -0.05) is 23.4 Å². The van der Waals surface area contributed by atoms with Crippen LogP contribution in [0.25, 0.3) is 0 Å². The molecule has 0 heterocycles. The number of likely N-dealkylation sites (N-methyl/N-ethyl adjacent to an activating group) is 1. The Morgan fingerprint density at radius 1 is 1.43 bits per heavy atom. The molecule has 6 nitrogen and oxygen atoms in total. The van der Waals surface area contributed by atoms with E-state index in [1.165, 1.54) is 18.2 Å². The van der Waals surface area contributed by atoms with Gasteiger partial charge in [0.1, 0.15) is 4.90 Å². The minimum atomic E-state index is -3.86. The number of halogens is 1. The third kappa shape index (κ3) is 5.36. The molecular formula is C13H16ClN3O3S. The number of hydrogen-bond acceptors (Lipinski definition) is 4. The van der Waals surface area contributed by atoms with Crippen molar-refractivity contribution in [2.75, 3.05) is 19.6 Å². The Labute approximate surface area is 129 Å². The topological polar surface area (TPSA) is 101 Å². The van der Waals surface area contributed by atoms with Crippen molar-refractivity contribution in [1.29, 1.82) is 0 Å². The highest BCUT2D eigenvalue weighted by Crippen LogP contribution is 2.22. The number of nitrogens with one attached hydrogen (secondary N) is 2. The Morgan fingerprint density at radius 2 is 2.14 bits per heavy atom. The van der Waals surface area contributed by atoms with E-state index in [-0.39, 0.29) is 23.0 Å². The Balaban J connectivity index is 2.91. The van der Waals surface area contributed by atoms with Gasteiger partial charge in [0.05, 0.1) is 18.1 Å². The first-order valence-electron chi connectivity index (χ1n) is 6.15. The van der Waals surface area contributed by atoms with Gasteiger partial charge in [-0.25, -0.2) is 13.1 Å². The molecule has 0 aliphatic carbocycles. The second-order valence-electron chi connectivity index (χ2n) is 3.93. The first-order chi connectivity index (χ1) is 9.90. The smallest absolute Gasteiger partial charge is 0.242 e. The average molecular weight is 330 g/mol.